The molecular formula is C20H22N2OS2. The maximum atomic E-state index is 12.4. The standard InChI is InChI=1S/C20H22N2OS2/c1-13(2)16-9-6-7-14(3)19(16)22-18(23)12-25-20-21-17-10-5-4-8-15(17)11-24-20/h4-10,13H,11-12H2,1-3H3,(H,22,23). The Kier molecular flexibility index (Phi) is 5.86. The van der Waals surface area contributed by atoms with E-state index >= 15 is 0 Å². The molecule has 130 valence electrons. The van der Waals surface area contributed by atoms with E-state index in [1.54, 1.807) is 11.8 Å². The summed E-state index contributed by atoms with van der Waals surface area (Å²) in [7, 11) is 0. The summed E-state index contributed by atoms with van der Waals surface area (Å²) >= 11 is 3.21. The molecule has 2 aromatic rings. The van der Waals surface area contributed by atoms with Crippen molar-refractivity contribution in [3.63, 3.8) is 0 Å². The van der Waals surface area contributed by atoms with Gasteiger partial charge in [0, 0.05) is 11.4 Å². The van der Waals surface area contributed by atoms with Crippen LogP contribution in [0.15, 0.2) is 47.5 Å². The second kappa shape index (κ2) is 8.11. The average molecular weight is 371 g/mol. The van der Waals surface area contributed by atoms with E-state index in [9.17, 15) is 4.79 Å². The van der Waals surface area contributed by atoms with Gasteiger partial charge in [0.2, 0.25) is 5.91 Å². The number of amides is 1. The molecule has 25 heavy (non-hydrogen) atoms. The Hall–Kier alpha value is -1.72. The Morgan fingerprint density at radius 2 is 2.04 bits per heavy atom. The maximum absolute atomic E-state index is 12.4. The third kappa shape index (κ3) is 4.47. The fraction of sp³-hybridized carbons (Fsp3) is 0.300. The number of benzene rings is 2. The number of para-hydroxylation sites is 2. The predicted octanol–water partition coefficient (Wildman–Crippen LogP) is 5.72. The lowest BCUT2D eigenvalue weighted by Crippen LogP contribution is -2.17. The normalized spacial score (nSPS) is 13.4. The minimum absolute atomic E-state index is 0.0170. The molecule has 0 unspecified atom stereocenters. The summed E-state index contributed by atoms with van der Waals surface area (Å²) in [6.45, 7) is 6.32. The fourth-order valence-electron chi connectivity index (χ4n) is 2.73. The molecule has 2 aromatic carbocycles. The summed E-state index contributed by atoms with van der Waals surface area (Å²) in [5.41, 5.74) is 5.50. The van der Waals surface area contributed by atoms with Gasteiger partial charge in [-0.2, -0.15) is 0 Å². The summed E-state index contributed by atoms with van der Waals surface area (Å²) < 4.78 is 0.961. The number of rotatable bonds is 4. The van der Waals surface area contributed by atoms with Crippen molar-refractivity contribution in [2.75, 3.05) is 11.1 Å². The third-order valence-electron chi connectivity index (χ3n) is 4.07. The van der Waals surface area contributed by atoms with Crippen LogP contribution >= 0.6 is 23.5 Å². The lowest BCUT2D eigenvalue weighted by molar-refractivity contribution is -0.113. The number of hydrogen-bond donors (Lipinski definition) is 1. The molecule has 0 saturated heterocycles. The minimum atomic E-state index is 0.0170. The van der Waals surface area contributed by atoms with E-state index in [1.807, 2.05) is 37.3 Å². The Morgan fingerprint density at radius 3 is 2.84 bits per heavy atom. The van der Waals surface area contributed by atoms with E-state index in [4.69, 9.17) is 0 Å². The van der Waals surface area contributed by atoms with Gasteiger partial charge in [0.25, 0.3) is 0 Å². The van der Waals surface area contributed by atoms with Crippen LogP contribution in [0.1, 0.15) is 36.5 Å². The largest absolute Gasteiger partial charge is 0.325 e. The summed E-state index contributed by atoms with van der Waals surface area (Å²) in [4.78, 5) is 17.1. The monoisotopic (exact) mass is 370 g/mol. The SMILES string of the molecule is Cc1cccc(C(C)C)c1NC(=O)CSC1=Nc2ccccc2CS1. The average Bonchev–Trinajstić information content (AvgIpc) is 2.61. The second-order valence-corrected chi connectivity index (χ2v) is 8.51. The maximum Gasteiger partial charge on any atom is 0.234 e. The Balaban J connectivity index is 1.64. The molecule has 1 aliphatic heterocycles. The van der Waals surface area contributed by atoms with E-state index in [-0.39, 0.29) is 5.91 Å². The number of thioether (sulfide) groups is 2. The molecule has 3 rings (SSSR count). The molecule has 0 bridgehead atoms. The van der Waals surface area contributed by atoms with Crippen LogP contribution in [0.4, 0.5) is 11.4 Å². The van der Waals surface area contributed by atoms with Gasteiger partial charge in [-0.15, -0.1) is 0 Å². The summed E-state index contributed by atoms with van der Waals surface area (Å²) in [5.74, 6) is 1.68. The first-order valence-electron chi connectivity index (χ1n) is 8.36. The van der Waals surface area contributed by atoms with Crippen LogP contribution < -0.4 is 5.32 Å². The highest BCUT2D eigenvalue weighted by Gasteiger charge is 2.16. The molecular weight excluding hydrogens is 348 g/mol. The molecule has 3 nitrogen and oxygen atoms in total. The number of anilines is 1. The van der Waals surface area contributed by atoms with Crippen molar-refractivity contribution in [2.45, 2.75) is 32.4 Å². The van der Waals surface area contributed by atoms with Crippen molar-refractivity contribution in [2.24, 2.45) is 4.99 Å². The molecule has 5 heteroatoms. The van der Waals surface area contributed by atoms with Crippen LogP contribution in [0.25, 0.3) is 0 Å². The number of hydrogen-bond acceptors (Lipinski definition) is 4. The lowest BCUT2D eigenvalue weighted by Gasteiger charge is -2.17. The molecule has 1 amide bonds. The highest BCUT2D eigenvalue weighted by molar-refractivity contribution is 8.38. The van der Waals surface area contributed by atoms with Crippen molar-refractivity contribution >= 4 is 45.2 Å². The number of carbonyl (C=O) groups excluding carboxylic acids is 1. The molecule has 0 atom stereocenters. The third-order valence-corrected chi connectivity index (χ3v) is 6.32. The highest BCUT2D eigenvalue weighted by atomic mass is 32.2. The van der Waals surface area contributed by atoms with Crippen molar-refractivity contribution < 1.29 is 4.79 Å². The summed E-state index contributed by atoms with van der Waals surface area (Å²) in [6, 6.07) is 14.3. The number of carbonyl (C=O) groups is 1. The quantitative estimate of drug-likeness (QED) is 0.748. The number of aryl methyl sites for hydroxylation is 1. The van der Waals surface area contributed by atoms with Crippen molar-refractivity contribution in [1.29, 1.82) is 0 Å². The van der Waals surface area contributed by atoms with Gasteiger partial charge in [-0.25, -0.2) is 4.99 Å². The van der Waals surface area contributed by atoms with Gasteiger partial charge in [-0.1, -0.05) is 73.8 Å². The van der Waals surface area contributed by atoms with Gasteiger partial charge >= 0.3 is 0 Å². The minimum Gasteiger partial charge on any atom is -0.325 e. The number of fused-ring (bicyclic) bond motifs is 1. The molecule has 0 aliphatic carbocycles. The van der Waals surface area contributed by atoms with Gasteiger partial charge in [-0.3, -0.25) is 4.79 Å². The smallest absolute Gasteiger partial charge is 0.234 e. The van der Waals surface area contributed by atoms with E-state index in [0.29, 0.717) is 11.7 Å². The predicted molar refractivity (Wildman–Crippen MR) is 111 cm³/mol. The Morgan fingerprint density at radius 1 is 1.24 bits per heavy atom. The van der Waals surface area contributed by atoms with Gasteiger partial charge in [0.15, 0.2) is 0 Å². The molecule has 1 N–H and O–H groups in total. The van der Waals surface area contributed by atoms with Crippen molar-refractivity contribution in [3.8, 4) is 0 Å². The summed E-state index contributed by atoms with van der Waals surface area (Å²) in [5, 5.41) is 3.09. The molecule has 0 spiro atoms. The topological polar surface area (TPSA) is 41.5 Å². The first-order chi connectivity index (χ1) is 12.0. The van der Waals surface area contributed by atoms with Gasteiger partial charge < -0.3 is 5.32 Å². The lowest BCUT2D eigenvalue weighted by atomic mass is 9.98. The number of nitrogens with one attached hydrogen (secondary N) is 1. The zero-order valence-corrected chi connectivity index (χ0v) is 16.3. The second-order valence-electron chi connectivity index (χ2n) is 6.33. The zero-order valence-electron chi connectivity index (χ0n) is 14.7. The first kappa shape index (κ1) is 18.1. The van der Waals surface area contributed by atoms with Gasteiger partial charge in [0.1, 0.15) is 4.38 Å². The van der Waals surface area contributed by atoms with Crippen LogP contribution in [0.2, 0.25) is 0 Å². The van der Waals surface area contributed by atoms with Gasteiger partial charge in [-0.05, 0) is 35.6 Å². The van der Waals surface area contributed by atoms with E-state index in [2.05, 4.69) is 36.3 Å². The highest BCUT2D eigenvalue weighted by Crippen LogP contribution is 2.34. The Bertz CT molecular complexity index is 815. The fourth-order valence-corrected chi connectivity index (χ4v) is 4.59. The van der Waals surface area contributed by atoms with Crippen LogP contribution in [-0.2, 0) is 10.5 Å². The molecule has 0 radical (unpaired) electrons. The van der Waals surface area contributed by atoms with E-state index in [1.165, 1.54) is 22.9 Å². The molecule has 0 aromatic heterocycles. The molecule has 1 heterocycles. The van der Waals surface area contributed by atoms with Crippen molar-refractivity contribution in [3.05, 3.63) is 59.2 Å². The molecule has 0 fully saturated rings. The summed E-state index contributed by atoms with van der Waals surface area (Å²) in [6.07, 6.45) is 0. The van der Waals surface area contributed by atoms with Crippen molar-refractivity contribution in [1.82, 2.24) is 0 Å². The molecule has 0 saturated carbocycles. The van der Waals surface area contributed by atoms with Crippen LogP contribution in [-0.4, -0.2) is 16.0 Å². The van der Waals surface area contributed by atoms with Crippen LogP contribution in [0.5, 0.6) is 0 Å². The number of aliphatic imine (C=N–C) groups is 1. The first-order valence-corrected chi connectivity index (χ1v) is 10.3. The van der Waals surface area contributed by atoms with E-state index in [0.717, 1.165) is 27.1 Å². The Labute approximate surface area is 157 Å². The van der Waals surface area contributed by atoms with Gasteiger partial charge in [0.05, 0.1) is 11.4 Å². The molecule has 1 aliphatic rings. The zero-order chi connectivity index (χ0) is 17.8. The van der Waals surface area contributed by atoms with Crippen LogP contribution in [0.3, 0.4) is 0 Å². The van der Waals surface area contributed by atoms with E-state index < -0.39 is 0 Å². The number of nitrogens with zero attached hydrogens (tertiary/aromatic N) is 1. The van der Waals surface area contributed by atoms with Crippen LogP contribution in [0, 0.1) is 6.92 Å².